The highest BCUT2D eigenvalue weighted by Gasteiger charge is 2.36. The summed E-state index contributed by atoms with van der Waals surface area (Å²) in [4.78, 5) is 16.4. The van der Waals surface area contributed by atoms with E-state index < -0.39 is 10.0 Å². The van der Waals surface area contributed by atoms with Crippen LogP contribution in [0.25, 0.3) is 0 Å². The fraction of sp³-hybridized carbons (Fsp3) is 0.625. The van der Waals surface area contributed by atoms with Crippen LogP contribution in [0, 0.1) is 5.92 Å². The first kappa shape index (κ1) is 17.1. The van der Waals surface area contributed by atoms with E-state index in [-0.39, 0.29) is 29.3 Å². The Bertz CT molecular complexity index is 601. The molecule has 1 fully saturated rings. The van der Waals surface area contributed by atoms with Crippen molar-refractivity contribution in [2.75, 3.05) is 6.54 Å². The van der Waals surface area contributed by atoms with E-state index in [9.17, 15) is 13.2 Å². The van der Waals surface area contributed by atoms with Crippen molar-refractivity contribution in [1.29, 1.82) is 0 Å². The van der Waals surface area contributed by atoms with Gasteiger partial charge in [0.25, 0.3) is 10.0 Å². The van der Waals surface area contributed by atoms with Gasteiger partial charge in [-0.2, -0.15) is 4.31 Å². The van der Waals surface area contributed by atoms with Crippen LogP contribution in [0.15, 0.2) is 29.4 Å². The summed E-state index contributed by atoms with van der Waals surface area (Å²) in [6.45, 7) is 3.94. The van der Waals surface area contributed by atoms with Crippen molar-refractivity contribution in [3.63, 3.8) is 0 Å². The van der Waals surface area contributed by atoms with E-state index in [0.717, 1.165) is 25.7 Å². The lowest BCUT2D eigenvalue weighted by molar-refractivity contribution is -0.122. The Labute approximate surface area is 132 Å². The third-order valence-electron chi connectivity index (χ3n) is 4.31. The maximum atomic E-state index is 12.7. The van der Waals surface area contributed by atoms with E-state index in [1.54, 1.807) is 12.1 Å². The predicted molar refractivity (Wildman–Crippen MR) is 84.8 cm³/mol. The van der Waals surface area contributed by atoms with Crippen molar-refractivity contribution < 1.29 is 13.2 Å². The van der Waals surface area contributed by atoms with Crippen molar-refractivity contribution >= 4 is 15.8 Å². The van der Waals surface area contributed by atoms with E-state index in [1.807, 2.05) is 6.92 Å². The first-order valence-corrected chi connectivity index (χ1v) is 9.36. The van der Waals surface area contributed by atoms with Gasteiger partial charge in [-0.3, -0.25) is 4.79 Å². The molecular formula is C16H24N2O3S. The molecule has 2 atom stereocenters. The summed E-state index contributed by atoms with van der Waals surface area (Å²) in [7, 11) is -3.71. The van der Waals surface area contributed by atoms with Gasteiger partial charge in [0.05, 0.1) is 6.54 Å². The first-order valence-electron chi connectivity index (χ1n) is 7.92. The molecule has 1 aromatic rings. The number of aromatic nitrogens is 1. The SMILES string of the molecule is CCCCC1CCC(C)N(S(=O)(=O)c2ccccn2)CC1=O. The lowest BCUT2D eigenvalue weighted by Gasteiger charge is -2.25. The lowest BCUT2D eigenvalue weighted by atomic mass is 9.93. The fourth-order valence-corrected chi connectivity index (χ4v) is 4.44. The second-order valence-corrected chi connectivity index (χ2v) is 7.79. The molecular weight excluding hydrogens is 300 g/mol. The summed E-state index contributed by atoms with van der Waals surface area (Å²) in [6.07, 6.45) is 5.87. The summed E-state index contributed by atoms with van der Waals surface area (Å²) in [5, 5.41) is 0.0154. The van der Waals surface area contributed by atoms with E-state index in [1.165, 1.54) is 16.6 Å². The molecule has 0 bridgehead atoms. The third kappa shape index (κ3) is 3.73. The maximum absolute atomic E-state index is 12.7. The minimum atomic E-state index is -3.71. The number of carbonyl (C=O) groups excluding carboxylic acids is 1. The Morgan fingerprint density at radius 1 is 1.32 bits per heavy atom. The molecule has 0 saturated carbocycles. The largest absolute Gasteiger partial charge is 0.298 e. The zero-order chi connectivity index (χ0) is 16.2. The number of rotatable bonds is 5. The highest BCUT2D eigenvalue weighted by atomic mass is 32.2. The number of nitrogens with zero attached hydrogens (tertiary/aromatic N) is 2. The maximum Gasteiger partial charge on any atom is 0.261 e. The summed E-state index contributed by atoms with van der Waals surface area (Å²) in [5.41, 5.74) is 0. The Kier molecular flexibility index (Phi) is 5.69. The van der Waals surface area contributed by atoms with Gasteiger partial charge >= 0.3 is 0 Å². The summed E-state index contributed by atoms with van der Waals surface area (Å²) < 4.78 is 26.8. The fourth-order valence-electron chi connectivity index (χ4n) is 2.88. The van der Waals surface area contributed by atoms with Gasteiger partial charge in [0, 0.05) is 18.2 Å². The van der Waals surface area contributed by atoms with Crippen LogP contribution in [-0.4, -0.2) is 36.1 Å². The number of sulfonamides is 1. The van der Waals surface area contributed by atoms with E-state index in [0.29, 0.717) is 6.42 Å². The molecule has 1 saturated heterocycles. The predicted octanol–water partition coefficient (Wildman–Crippen LogP) is 2.63. The molecule has 5 nitrogen and oxygen atoms in total. The summed E-state index contributed by atoms with van der Waals surface area (Å²) in [5.74, 6) is 0.0311. The molecule has 0 radical (unpaired) electrons. The Balaban J connectivity index is 2.22. The lowest BCUT2D eigenvalue weighted by Crippen LogP contribution is -2.41. The van der Waals surface area contributed by atoms with Gasteiger partial charge in [-0.05, 0) is 38.3 Å². The Hall–Kier alpha value is -1.27. The van der Waals surface area contributed by atoms with Gasteiger partial charge in [-0.1, -0.05) is 25.8 Å². The van der Waals surface area contributed by atoms with Crippen molar-refractivity contribution in [3.8, 4) is 0 Å². The molecule has 2 rings (SSSR count). The molecule has 0 aliphatic carbocycles. The van der Waals surface area contributed by atoms with Gasteiger partial charge in [0.1, 0.15) is 0 Å². The van der Waals surface area contributed by atoms with E-state index >= 15 is 0 Å². The topological polar surface area (TPSA) is 67.3 Å². The van der Waals surface area contributed by atoms with Gasteiger partial charge in [-0.25, -0.2) is 13.4 Å². The molecule has 2 heterocycles. The van der Waals surface area contributed by atoms with Gasteiger partial charge < -0.3 is 0 Å². The molecule has 22 heavy (non-hydrogen) atoms. The second kappa shape index (κ2) is 7.33. The summed E-state index contributed by atoms with van der Waals surface area (Å²) >= 11 is 0. The van der Waals surface area contributed by atoms with Crippen molar-refractivity contribution in [1.82, 2.24) is 9.29 Å². The van der Waals surface area contributed by atoms with Crippen LogP contribution in [0.1, 0.15) is 46.0 Å². The van der Waals surface area contributed by atoms with E-state index in [4.69, 9.17) is 0 Å². The Morgan fingerprint density at radius 2 is 2.09 bits per heavy atom. The van der Waals surface area contributed by atoms with Crippen LogP contribution >= 0.6 is 0 Å². The van der Waals surface area contributed by atoms with Crippen molar-refractivity contribution in [2.45, 2.75) is 57.0 Å². The molecule has 0 aromatic carbocycles. The molecule has 0 N–H and O–H groups in total. The first-order chi connectivity index (χ1) is 10.5. The van der Waals surface area contributed by atoms with Gasteiger partial charge in [0.2, 0.25) is 0 Å². The molecule has 0 amide bonds. The van der Waals surface area contributed by atoms with Crippen LogP contribution < -0.4 is 0 Å². The number of pyridine rings is 1. The number of hydrogen-bond acceptors (Lipinski definition) is 4. The van der Waals surface area contributed by atoms with Crippen molar-refractivity contribution in [2.24, 2.45) is 5.92 Å². The quantitative estimate of drug-likeness (QED) is 0.835. The van der Waals surface area contributed by atoms with E-state index in [2.05, 4.69) is 11.9 Å². The van der Waals surface area contributed by atoms with Crippen LogP contribution in [0.2, 0.25) is 0 Å². The Morgan fingerprint density at radius 3 is 2.73 bits per heavy atom. The van der Waals surface area contributed by atoms with Crippen LogP contribution in [0.3, 0.4) is 0 Å². The molecule has 1 aromatic heterocycles. The van der Waals surface area contributed by atoms with Gasteiger partial charge in [-0.15, -0.1) is 0 Å². The highest BCUT2D eigenvalue weighted by molar-refractivity contribution is 7.89. The minimum absolute atomic E-state index is 0.00803. The molecule has 122 valence electrons. The molecule has 0 spiro atoms. The molecule has 1 aliphatic rings. The van der Waals surface area contributed by atoms with Crippen LogP contribution in [0.4, 0.5) is 0 Å². The second-order valence-electron chi connectivity index (χ2n) is 5.95. The smallest absolute Gasteiger partial charge is 0.261 e. The molecule has 1 aliphatic heterocycles. The van der Waals surface area contributed by atoms with Crippen molar-refractivity contribution in [3.05, 3.63) is 24.4 Å². The monoisotopic (exact) mass is 324 g/mol. The zero-order valence-electron chi connectivity index (χ0n) is 13.2. The summed E-state index contributed by atoms with van der Waals surface area (Å²) in [6, 6.07) is 4.62. The van der Waals surface area contributed by atoms with Crippen LogP contribution in [0.5, 0.6) is 0 Å². The molecule has 6 heteroatoms. The number of Topliss-reactive ketones (excluding diaryl/α,β-unsaturated/α-hetero) is 1. The van der Waals surface area contributed by atoms with Crippen LogP contribution in [-0.2, 0) is 14.8 Å². The number of hydrogen-bond donors (Lipinski definition) is 0. The van der Waals surface area contributed by atoms with Gasteiger partial charge in [0.15, 0.2) is 10.8 Å². The zero-order valence-corrected chi connectivity index (χ0v) is 14.1. The number of carbonyl (C=O) groups is 1. The average molecular weight is 324 g/mol. The molecule has 2 unspecified atom stereocenters. The third-order valence-corrected chi connectivity index (χ3v) is 6.18. The minimum Gasteiger partial charge on any atom is -0.298 e. The standard InChI is InChI=1S/C16H24N2O3S/c1-3-4-7-14-10-9-13(2)18(12-15(14)19)22(20,21)16-8-5-6-11-17-16/h5-6,8,11,13-14H,3-4,7,9-10,12H2,1-2H3. The number of ketones is 1. The normalized spacial score (nSPS) is 24.2. The highest BCUT2D eigenvalue weighted by Crippen LogP contribution is 2.27. The average Bonchev–Trinajstić information content (AvgIpc) is 2.66. The number of unbranched alkanes of at least 4 members (excludes halogenated alkanes) is 1.